The monoisotopic (exact) mass is 884 g/mol. The molecule has 4 amide bonds. The van der Waals surface area contributed by atoms with Gasteiger partial charge in [0.2, 0.25) is 0 Å². The number of benzene rings is 5. The van der Waals surface area contributed by atoms with Gasteiger partial charge in [0, 0.05) is 76.6 Å². The van der Waals surface area contributed by atoms with Gasteiger partial charge in [0.25, 0.3) is 23.6 Å². The summed E-state index contributed by atoms with van der Waals surface area (Å²) in [4.78, 5) is 64.6. The molecule has 0 saturated heterocycles. The van der Waals surface area contributed by atoms with Crippen molar-refractivity contribution in [3.8, 4) is 0 Å². The third-order valence-corrected chi connectivity index (χ3v) is 13.2. The number of rotatable bonds is 20. The highest BCUT2D eigenvalue weighted by Crippen LogP contribution is 2.50. The number of fused-ring (bicyclic) bond motifs is 2. The Balaban J connectivity index is 1.25. The van der Waals surface area contributed by atoms with E-state index in [9.17, 15) is 19.2 Å². The first-order valence-electron chi connectivity index (χ1n) is 20.9. The Bertz CT molecular complexity index is 2140. The smallest absolute Gasteiger partial charge is 0.261 e. The fourth-order valence-corrected chi connectivity index (χ4v) is 10.3. The summed E-state index contributed by atoms with van der Waals surface area (Å²) in [5.74, 6) is -1.07. The van der Waals surface area contributed by atoms with Crippen molar-refractivity contribution < 1.29 is 19.2 Å². The van der Waals surface area contributed by atoms with Gasteiger partial charge in [0.15, 0.2) is 0 Å². The Morgan fingerprint density at radius 1 is 0.429 bits per heavy atom. The highest BCUT2D eigenvalue weighted by molar-refractivity contribution is 9.11. The van der Waals surface area contributed by atoms with Gasteiger partial charge in [-0.05, 0) is 113 Å². The minimum Gasteiger partial charge on any atom is -0.303 e. The van der Waals surface area contributed by atoms with E-state index in [1.165, 1.54) is 9.80 Å². The lowest BCUT2D eigenvalue weighted by Crippen LogP contribution is -2.42. The Morgan fingerprint density at radius 3 is 1.09 bits per heavy atom. The fraction of sp³-hybridized carbons (Fsp3) is 0.478. The molecule has 0 atom stereocenters. The van der Waals surface area contributed by atoms with E-state index in [0.717, 1.165) is 145 Å². The molecule has 0 aliphatic carbocycles. The standard InChI is InChI=1S/C46H54Br2N4O4/c1-5-9-19-49(20-10-6-2)23-13-25-51-43(53)31-17-15-29-40-36(48)28-34-38-32(44(54)52(46(34)56)26-14-24-50(21-11-7-3)22-12-8-4)18-16-30(42(38)40)39-35(47)27-33(45(51)55)37(31)41(29)39/h15-18,27-28H,5-14,19-26H2,1-4H3. The third kappa shape index (κ3) is 7.29. The summed E-state index contributed by atoms with van der Waals surface area (Å²) >= 11 is 7.71. The van der Waals surface area contributed by atoms with Crippen molar-refractivity contribution in [1.29, 1.82) is 0 Å². The van der Waals surface area contributed by atoms with Gasteiger partial charge in [0.1, 0.15) is 0 Å². The highest BCUT2D eigenvalue weighted by Gasteiger charge is 2.38. The molecule has 0 bridgehead atoms. The molecule has 2 aliphatic heterocycles. The van der Waals surface area contributed by atoms with E-state index in [0.29, 0.717) is 46.1 Å². The summed E-state index contributed by atoms with van der Waals surface area (Å²) in [6.07, 6.45) is 10.5. The van der Waals surface area contributed by atoms with Crippen LogP contribution in [0.5, 0.6) is 0 Å². The van der Waals surface area contributed by atoms with Crippen molar-refractivity contribution in [1.82, 2.24) is 19.6 Å². The van der Waals surface area contributed by atoms with E-state index < -0.39 is 0 Å². The SMILES string of the molecule is CCCCN(CCCC)CCCN1C(=O)c2ccc3c4c(Br)cc5c6c(ccc(c7c(Br)cc(c2c37)C1=O)c64)C(=O)N(CCCN(CCCC)CCCC)C5=O. The maximum Gasteiger partial charge on any atom is 0.261 e. The molecule has 0 radical (unpaired) electrons. The first kappa shape index (κ1) is 40.7. The molecule has 0 saturated carbocycles. The van der Waals surface area contributed by atoms with Crippen LogP contribution in [0, 0.1) is 0 Å². The second-order valence-electron chi connectivity index (χ2n) is 15.7. The minimum absolute atomic E-state index is 0.263. The first-order chi connectivity index (χ1) is 27.2. The zero-order chi connectivity index (χ0) is 39.7. The summed E-state index contributed by atoms with van der Waals surface area (Å²) < 4.78 is 1.47. The van der Waals surface area contributed by atoms with E-state index in [-0.39, 0.29) is 23.6 Å². The molecule has 0 unspecified atom stereocenters. The molecule has 2 heterocycles. The lowest BCUT2D eigenvalue weighted by molar-refractivity contribution is 0.0588. The number of halogens is 2. The first-order valence-corrected chi connectivity index (χ1v) is 22.5. The molecule has 5 aromatic rings. The van der Waals surface area contributed by atoms with Crippen LogP contribution in [0.1, 0.15) is 133 Å². The molecule has 10 heteroatoms. The van der Waals surface area contributed by atoms with Crippen molar-refractivity contribution in [2.45, 2.75) is 91.9 Å². The Hall–Kier alpha value is -3.44. The second kappa shape index (κ2) is 17.6. The van der Waals surface area contributed by atoms with Gasteiger partial charge in [0.05, 0.1) is 0 Å². The number of amides is 4. The van der Waals surface area contributed by atoms with Gasteiger partial charge >= 0.3 is 0 Å². The topological polar surface area (TPSA) is 81.2 Å². The van der Waals surface area contributed by atoms with Gasteiger partial charge in [-0.2, -0.15) is 0 Å². The van der Waals surface area contributed by atoms with Crippen LogP contribution < -0.4 is 0 Å². The van der Waals surface area contributed by atoms with E-state index in [1.54, 1.807) is 0 Å². The Labute approximate surface area is 347 Å². The molecule has 5 aromatic carbocycles. The number of hydrogen-bond donors (Lipinski definition) is 0. The predicted octanol–water partition coefficient (Wildman–Crippen LogP) is 11.0. The van der Waals surface area contributed by atoms with E-state index in [4.69, 9.17) is 0 Å². The Morgan fingerprint density at radius 2 is 0.750 bits per heavy atom. The molecular weight excluding hydrogens is 832 g/mol. The van der Waals surface area contributed by atoms with Crippen LogP contribution in [-0.2, 0) is 0 Å². The summed E-state index contributed by atoms with van der Waals surface area (Å²) in [5, 5.41) is 6.45. The molecular formula is C46H54Br2N4O4. The van der Waals surface area contributed by atoms with Crippen LogP contribution >= 0.6 is 31.9 Å². The molecule has 56 heavy (non-hydrogen) atoms. The minimum atomic E-state index is -0.272. The zero-order valence-electron chi connectivity index (χ0n) is 33.4. The maximum absolute atomic E-state index is 14.2. The van der Waals surface area contributed by atoms with Crippen LogP contribution in [0.2, 0.25) is 0 Å². The molecule has 8 nitrogen and oxygen atoms in total. The number of unbranched alkanes of at least 4 members (excludes halogenated alkanes) is 4. The summed E-state index contributed by atoms with van der Waals surface area (Å²) in [7, 11) is 0. The number of carbonyl (C=O) groups excluding carboxylic acids is 4. The van der Waals surface area contributed by atoms with Gasteiger partial charge < -0.3 is 9.80 Å². The van der Waals surface area contributed by atoms with E-state index >= 15 is 0 Å². The highest BCUT2D eigenvalue weighted by atomic mass is 79.9. The van der Waals surface area contributed by atoms with Crippen molar-refractivity contribution in [3.63, 3.8) is 0 Å². The quantitative estimate of drug-likeness (QED) is 0.0440. The van der Waals surface area contributed by atoms with Crippen molar-refractivity contribution >= 4 is 98.6 Å². The van der Waals surface area contributed by atoms with Crippen LogP contribution in [0.25, 0.3) is 43.1 Å². The van der Waals surface area contributed by atoms with Crippen molar-refractivity contribution in [2.75, 3.05) is 52.4 Å². The summed E-state index contributed by atoms with van der Waals surface area (Å²) in [6, 6.07) is 11.4. The average molecular weight is 887 g/mol. The second-order valence-corrected chi connectivity index (χ2v) is 17.4. The number of carbonyl (C=O) groups is 4. The van der Waals surface area contributed by atoms with Crippen LogP contribution in [0.3, 0.4) is 0 Å². The fourth-order valence-electron chi connectivity index (χ4n) is 8.98. The van der Waals surface area contributed by atoms with Gasteiger partial charge in [-0.1, -0.05) is 97.4 Å². The molecule has 2 aliphatic rings. The van der Waals surface area contributed by atoms with Gasteiger partial charge in [-0.25, -0.2) is 0 Å². The third-order valence-electron chi connectivity index (χ3n) is 11.9. The molecule has 0 fully saturated rings. The number of imide groups is 2. The summed E-state index contributed by atoms with van der Waals surface area (Å²) in [6.45, 7) is 15.4. The molecule has 296 valence electrons. The largest absolute Gasteiger partial charge is 0.303 e. The van der Waals surface area contributed by atoms with Crippen molar-refractivity contribution in [2.24, 2.45) is 0 Å². The van der Waals surface area contributed by atoms with Gasteiger partial charge in [-0.15, -0.1) is 0 Å². The molecule has 7 rings (SSSR count). The van der Waals surface area contributed by atoms with Crippen molar-refractivity contribution in [3.05, 3.63) is 67.6 Å². The lowest BCUT2D eigenvalue weighted by Gasteiger charge is -2.31. The van der Waals surface area contributed by atoms with Crippen LogP contribution in [-0.4, -0.2) is 95.6 Å². The lowest BCUT2D eigenvalue weighted by atomic mass is 9.82. The molecule has 0 spiro atoms. The Kier molecular flexibility index (Phi) is 12.8. The van der Waals surface area contributed by atoms with E-state index in [2.05, 4.69) is 69.4 Å². The predicted molar refractivity (Wildman–Crippen MR) is 236 cm³/mol. The average Bonchev–Trinajstić information content (AvgIpc) is 3.20. The maximum atomic E-state index is 14.2. The van der Waals surface area contributed by atoms with E-state index in [1.807, 2.05) is 36.4 Å². The zero-order valence-corrected chi connectivity index (χ0v) is 36.5. The molecule has 0 aromatic heterocycles. The van der Waals surface area contributed by atoms with Crippen LogP contribution in [0.15, 0.2) is 45.3 Å². The number of hydrogen-bond acceptors (Lipinski definition) is 6. The number of nitrogens with zero attached hydrogens (tertiary/aromatic N) is 4. The van der Waals surface area contributed by atoms with Crippen LogP contribution in [0.4, 0.5) is 0 Å². The van der Waals surface area contributed by atoms with Gasteiger partial charge in [-0.3, -0.25) is 29.0 Å². The summed E-state index contributed by atoms with van der Waals surface area (Å²) in [5.41, 5.74) is 2.06. The normalized spacial score (nSPS) is 14.5. The molecule has 0 N–H and O–H groups in total.